The molecule has 3 saturated carbocycles. The molecule has 7 atom stereocenters. The monoisotopic (exact) mass is 344 g/mol. The molecule has 3 nitrogen and oxygen atoms in total. The average molecular weight is 344 g/mol. The van der Waals surface area contributed by atoms with Crippen LogP contribution in [0, 0.1) is 34.0 Å². The quantitative estimate of drug-likeness (QED) is 0.399. The maximum Gasteiger partial charge on any atom is 0.302 e. The van der Waals surface area contributed by atoms with Crippen molar-refractivity contribution >= 4 is 5.97 Å². The van der Waals surface area contributed by atoms with Gasteiger partial charge in [-0.3, -0.25) is 4.79 Å². The SMILES string of the molecule is CC(=O)O[C@@H]1C[C@H]2C(C)(C)CCC[C@]2(C)[C@H]2CC[C@]3(CO3)[C@H]3C=C[C@]321. The van der Waals surface area contributed by atoms with Crippen LogP contribution in [0.5, 0.6) is 0 Å². The minimum atomic E-state index is -0.120. The number of rotatable bonds is 1. The highest BCUT2D eigenvalue weighted by Gasteiger charge is 2.74. The largest absolute Gasteiger partial charge is 0.462 e. The Morgan fingerprint density at radius 2 is 1.92 bits per heavy atom. The molecule has 1 saturated heterocycles. The summed E-state index contributed by atoms with van der Waals surface area (Å²) in [4.78, 5) is 12.0. The minimum Gasteiger partial charge on any atom is -0.462 e. The summed E-state index contributed by atoms with van der Waals surface area (Å²) >= 11 is 0. The van der Waals surface area contributed by atoms with Crippen LogP contribution in [0.2, 0.25) is 0 Å². The second-order valence-electron chi connectivity index (χ2n) is 10.5. The molecule has 25 heavy (non-hydrogen) atoms. The van der Waals surface area contributed by atoms with Crippen molar-refractivity contribution < 1.29 is 14.3 Å². The Morgan fingerprint density at radius 3 is 2.52 bits per heavy atom. The zero-order valence-electron chi connectivity index (χ0n) is 16.1. The molecule has 0 aromatic heterocycles. The van der Waals surface area contributed by atoms with E-state index in [0.29, 0.717) is 28.6 Å². The van der Waals surface area contributed by atoms with Crippen molar-refractivity contribution in [1.29, 1.82) is 0 Å². The van der Waals surface area contributed by atoms with Gasteiger partial charge >= 0.3 is 5.97 Å². The van der Waals surface area contributed by atoms with Crippen molar-refractivity contribution in [2.24, 2.45) is 34.0 Å². The Balaban J connectivity index is 1.61. The van der Waals surface area contributed by atoms with Gasteiger partial charge in [0.15, 0.2) is 0 Å². The predicted octanol–water partition coefficient (Wildman–Crippen LogP) is 4.51. The molecule has 0 amide bonds. The lowest BCUT2D eigenvalue weighted by Gasteiger charge is -2.70. The first-order valence-corrected chi connectivity index (χ1v) is 10.3. The second kappa shape index (κ2) is 4.71. The second-order valence-corrected chi connectivity index (χ2v) is 10.5. The lowest BCUT2D eigenvalue weighted by atomic mass is 9.35. The Hall–Kier alpha value is -0.830. The smallest absolute Gasteiger partial charge is 0.302 e. The topological polar surface area (TPSA) is 38.8 Å². The van der Waals surface area contributed by atoms with E-state index in [-0.39, 0.29) is 23.1 Å². The predicted molar refractivity (Wildman–Crippen MR) is 95.9 cm³/mol. The number of esters is 1. The van der Waals surface area contributed by atoms with Crippen LogP contribution in [0.4, 0.5) is 0 Å². The first-order valence-electron chi connectivity index (χ1n) is 10.3. The molecule has 0 unspecified atom stereocenters. The first-order chi connectivity index (χ1) is 11.7. The molecule has 0 aromatic carbocycles. The molecule has 2 spiro atoms. The van der Waals surface area contributed by atoms with Gasteiger partial charge in [-0.1, -0.05) is 39.3 Å². The van der Waals surface area contributed by atoms with E-state index >= 15 is 0 Å². The van der Waals surface area contributed by atoms with Crippen LogP contribution in [0.3, 0.4) is 0 Å². The van der Waals surface area contributed by atoms with E-state index in [4.69, 9.17) is 9.47 Å². The number of hydrogen-bond donors (Lipinski definition) is 0. The summed E-state index contributed by atoms with van der Waals surface area (Å²) in [5, 5.41) is 0. The third-order valence-electron chi connectivity index (χ3n) is 9.05. The summed E-state index contributed by atoms with van der Waals surface area (Å²) in [7, 11) is 0. The minimum absolute atomic E-state index is 0.0269. The fraction of sp³-hybridized carbons (Fsp3) is 0.864. The molecular weight excluding hydrogens is 312 g/mol. The first kappa shape index (κ1) is 16.4. The molecule has 138 valence electrons. The summed E-state index contributed by atoms with van der Waals surface area (Å²) < 4.78 is 12.0. The lowest BCUT2D eigenvalue weighted by Crippen LogP contribution is -2.68. The Kier molecular flexibility index (Phi) is 3.08. The van der Waals surface area contributed by atoms with Gasteiger partial charge in [-0.05, 0) is 54.8 Å². The van der Waals surface area contributed by atoms with Crippen molar-refractivity contribution in [3.05, 3.63) is 12.2 Å². The van der Waals surface area contributed by atoms with Crippen molar-refractivity contribution in [3.63, 3.8) is 0 Å². The van der Waals surface area contributed by atoms with Crippen molar-refractivity contribution in [2.75, 3.05) is 6.61 Å². The number of ether oxygens (including phenoxy) is 2. The zero-order valence-corrected chi connectivity index (χ0v) is 16.1. The highest BCUT2D eigenvalue weighted by atomic mass is 16.6. The fourth-order valence-electron chi connectivity index (χ4n) is 7.96. The highest BCUT2D eigenvalue weighted by Crippen LogP contribution is 2.74. The van der Waals surface area contributed by atoms with Gasteiger partial charge < -0.3 is 9.47 Å². The Labute approximate surface area is 151 Å². The normalized spacial score (nSPS) is 54.7. The van der Waals surface area contributed by atoms with E-state index in [2.05, 4.69) is 32.9 Å². The van der Waals surface area contributed by atoms with Gasteiger partial charge in [-0.2, -0.15) is 0 Å². The summed E-state index contributed by atoms with van der Waals surface area (Å²) in [6.45, 7) is 9.93. The van der Waals surface area contributed by atoms with Gasteiger partial charge in [0.25, 0.3) is 0 Å². The van der Waals surface area contributed by atoms with Gasteiger partial charge in [0, 0.05) is 18.3 Å². The molecule has 3 heteroatoms. The molecule has 0 bridgehead atoms. The molecule has 1 aliphatic heterocycles. The summed E-state index contributed by atoms with van der Waals surface area (Å²) in [6, 6.07) is 0. The Bertz CT molecular complexity index is 646. The van der Waals surface area contributed by atoms with Gasteiger partial charge in [0.05, 0.1) is 12.2 Å². The molecular formula is C22H32O3. The lowest BCUT2D eigenvalue weighted by molar-refractivity contribution is -0.226. The van der Waals surface area contributed by atoms with Crippen LogP contribution < -0.4 is 0 Å². The van der Waals surface area contributed by atoms with Crippen LogP contribution >= 0.6 is 0 Å². The highest BCUT2D eigenvalue weighted by molar-refractivity contribution is 5.66. The number of carbonyl (C=O) groups is 1. The number of hydrogen-bond acceptors (Lipinski definition) is 3. The molecule has 5 aliphatic rings. The average Bonchev–Trinajstić information content (AvgIpc) is 3.23. The Morgan fingerprint density at radius 1 is 1.16 bits per heavy atom. The number of fused-ring (bicyclic) bond motifs is 3. The van der Waals surface area contributed by atoms with E-state index in [0.717, 1.165) is 13.0 Å². The molecule has 0 N–H and O–H groups in total. The number of epoxide rings is 1. The molecule has 1 heterocycles. The standard InChI is InChI=1S/C22H32O3/c1-14(23)25-18-12-17-19(2,3)8-5-9-20(17,4)15-6-10-21(13-24-21)16-7-11-22(15,16)18/h7,11,15-18H,5-6,8-10,12-13H2,1-4H3/t15-,16-,17+,18-,20-,21+,22-/m1/s1. The molecule has 5 rings (SSSR count). The van der Waals surface area contributed by atoms with Crippen LogP contribution in [-0.4, -0.2) is 24.3 Å². The summed E-state index contributed by atoms with van der Waals surface area (Å²) in [6.07, 6.45) is 12.2. The molecule has 0 radical (unpaired) electrons. The van der Waals surface area contributed by atoms with E-state index in [9.17, 15) is 4.79 Å². The van der Waals surface area contributed by atoms with Crippen molar-refractivity contribution in [3.8, 4) is 0 Å². The molecule has 0 aromatic rings. The van der Waals surface area contributed by atoms with Gasteiger partial charge in [0.1, 0.15) is 6.10 Å². The van der Waals surface area contributed by atoms with Crippen LogP contribution in [0.25, 0.3) is 0 Å². The third kappa shape index (κ3) is 1.89. The van der Waals surface area contributed by atoms with Crippen LogP contribution in [-0.2, 0) is 14.3 Å². The van der Waals surface area contributed by atoms with Gasteiger partial charge in [-0.15, -0.1) is 0 Å². The maximum atomic E-state index is 12.0. The molecule has 4 fully saturated rings. The van der Waals surface area contributed by atoms with Gasteiger partial charge in [0.2, 0.25) is 0 Å². The van der Waals surface area contributed by atoms with E-state index in [1.165, 1.54) is 32.1 Å². The summed E-state index contributed by atoms with van der Waals surface area (Å²) in [5.74, 6) is 1.58. The van der Waals surface area contributed by atoms with Gasteiger partial charge in [-0.25, -0.2) is 0 Å². The third-order valence-corrected chi connectivity index (χ3v) is 9.05. The summed E-state index contributed by atoms with van der Waals surface area (Å²) in [5.41, 5.74) is 0.787. The fourth-order valence-corrected chi connectivity index (χ4v) is 7.96. The van der Waals surface area contributed by atoms with E-state index in [1.54, 1.807) is 6.92 Å². The van der Waals surface area contributed by atoms with Crippen molar-refractivity contribution in [1.82, 2.24) is 0 Å². The zero-order chi connectivity index (χ0) is 17.7. The van der Waals surface area contributed by atoms with E-state index < -0.39 is 0 Å². The number of carbonyl (C=O) groups excluding carboxylic acids is 1. The van der Waals surface area contributed by atoms with Crippen LogP contribution in [0.1, 0.15) is 66.2 Å². The van der Waals surface area contributed by atoms with E-state index in [1.807, 2.05) is 0 Å². The maximum absolute atomic E-state index is 12.0. The molecule has 4 aliphatic carbocycles. The van der Waals surface area contributed by atoms with Crippen molar-refractivity contribution in [2.45, 2.75) is 77.9 Å². The van der Waals surface area contributed by atoms with Crippen LogP contribution in [0.15, 0.2) is 12.2 Å².